The van der Waals surface area contributed by atoms with Crippen molar-refractivity contribution in [3.05, 3.63) is 89.0 Å². The summed E-state index contributed by atoms with van der Waals surface area (Å²) in [6.45, 7) is 0. The van der Waals surface area contributed by atoms with Gasteiger partial charge in [-0.2, -0.15) is 0 Å². The molecule has 2 aromatic carbocycles. The molecule has 3 aromatic rings. The second kappa shape index (κ2) is 6.03. The van der Waals surface area contributed by atoms with Crippen molar-refractivity contribution in [2.75, 3.05) is 0 Å². The first-order valence-electron chi connectivity index (χ1n) is 6.72. The summed E-state index contributed by atoms with van der Waals surface area (Å²) in [6, 6.07) is 16.8. The quantitative estimate of drug-likeness (QED) is 0.795. The molecule has 110 valence electrons. The summed E-state index contributed by atoms with van der Waals surface area (Å²) in [5.74, 6) is -1.01. The van der Waals surface area contributed by atoms with Crippen LogP contribution in [-0.2, 0) is 0 Å². The second-order valence-electron chi connectivity index (χ2n) is 4.86. The van der Waals surface area contributed by atoms with Gasteiger partial charge in [0.05, 0.1) is 18.6 Å². The number of halogens is 1. The molecular weight excluding hydrogens is 300 g/mol. The van der Waals surface area contributed by atoms with E-state index < -0.39 is 5.97 Å². The Morgan fingerprint density at radius 1 is 1.05 bits per heavy atom. The Labute approximate surface area is 132 Å². The van der Waals surface area contributed by atoms with E-state index in [0.717, 1.165) is 11.1 Å². The van der Waals surface area contributed by atoms with Crippen molar-refractivity contribution in [1.82, 2.24) is 9.55 Å². The van der Waals surface area contributed by atoms with Gasteiger partial charge >= 0.3 is 5.97 Å². The zero-order chi connectivity index (χ0) is 15.5. The average Bonchev–Trinajstić information content (AvgIpc) is 3.00. The highest BCUT2D eigenvalue weighted by molar-refractivity contribution is 6.30. The largest absolute Gasteiger partial charge is 0.477 e. The van der Waals surface area contributed by atoms with E-state index >= 15 is 0 Å². The van der Waals surface area contributed by atoms with Crippen LogP contribution in [0.1, 0.15) is 27.7 Å². The molecule has 0 fully saturated rings. The van der Waals surface area contributed by atoms with Gasteiger partial charge in [-0.05, 0) is 23.3 Å². The molecule has 1 atom stereocenters. The lowest BCUT2D eigenvalue weighted by Gasteiger charge is -2.21. The molecule has 0 aliphatic rings. The summed E-state index contributed by atoms with van der Waals surface area (Å²) in [7, 11) is 0. The molecule has 1 N–H and O–H groups in total. The van der Waals surface area contributed by atoms with Crippen LogP contribution in [0.4, 0.5) is 0 Å². The molecule has 0 saturated heterocycles. The van der Waals surface area contributed by atoms with Crippen LogP contribution < -0.4 is 0 Å². The Kier molecular flexibility index (Phi) is 3.94. The maximum absolute atomic E-state index is 11.4. The van der Waals surface area contributed by atoms with Gasteiger partial charge in [0, 0.05) is 5.02 Å². The lowest BCUT2D eigenvalue weighted by molar-refractivity contribution is 0.0684. The lowest BCUT2D eigenvalue weighted by Crippen LogP contribution is -2.16. The third-order valence-corrected chi connectivity index (χ3v) is 3.72. The van der Waals surface area contributed by atoms with Gasteiger partial charge in [0.2, 0.25) is 0 Å². The summed E-state index contributed by atoms with van der Waals surface area (Å²) in [5, 5.41) is 10.00. The Bertz CT molecular complexity index is 782. The van der Waals surface area contributed by atoms with E-state index in [2.05, 4.69) is 4.98 Å². The molecule has 4 nitrogen and oxygen atoms in total. The summed E-state index contributed by atoms with van der Waals surface area (Å²) in [6.07, 6.45) is 2.89. The van der Waals surface area contributed by atoms with Crippen molar-refractivity contribution in [2.45, 2.75) is 6.04 Å². The van der Waals surface area contributed by atoms with E-state index in [-0.39, 0.29) is 11.7 Å². The third kappa shape index (κ3) is 2.73. The molecule has 0 aliphatic heterocycles. The molecular formula is C17H13ClN2O2. The van der Waals surface area contributed by atoms with Gasteiger partial charge in [0.15, 0.2) is 0 Å². The van der Waals surface area contributed by atoms with Gasteiger partial charge in [-0.15, -0.1) is 0 Å². The Morgan fingerprint density at radius 2 is 1.68 bits per heavy atom. The minimum absolute atomic E-state index is 0.142. The van der Waals surface area contributed by atoms with Crippen molar-refractivity contribution < 1.29 is 9.90 Å². The number of carboxylic acid groups (broad SMARTS) is 1. The second-order valence-corrected chi connectivity index (χ2v) is 5.29. The van der Waals surface area contributed by atoms with E-state index in [1.54, 1.807) is 16.7 Å². The zero-order valence-corrected chi connectivity index (χ0v) is 12.3. The van der Waals surface area contributed by atoms with Gasteiger partial charge in [0.25, 0.3) is 0 Å². The van der Waals surface area contributed by atoms with Crippen molar-refractivity contribution in [3.63, 3.8) is 0 Å². The molecule has 0 bridgehead atoms. The number of rotatable bonds is 4. The monoisotopic (exact) mass is 312 g/mol. The number of nitrogens with zero attached hydrogens (tertiary/aromatic N) is 2. The van der Waals surface area contributed by atoms with Gasteiger partial charge in [-0.25, -0.2) is 9.78 Å². The van der Waals surface area contributed by atoms with E-state index in [0.29, 0.717) is 5.02 Å². The highest BCUT2D eigenvalue weighted by Crippen LogP contribution is 2.28. The predicted octanol–water partition coefficient (Wildman–Crippen LogP) is 3.87. The Balaban J connectivity index is 2.17. The molecule has 0 saturated carbocycles. The van der Waals surface area contributed by atoms with Gasteiger partial charge in [0.1, 0.15) is 5.69 Å². The fourth-order valence-electron chi connectivity index (χ4n) is 2.47. The number of imidazole rings is 1. The number of carboxylic acids is 1. The average molecular weight is 313 g/mol. The first-order chi connectivity index (χ1) is 10.7. The van der Waals surface area contributed by atoms with Crippen LogP contribution in [0, 0.1) is 0 Å². The highest BCUT2D eigenvalue weighted by atomic mass is 35.5. The highest BCUT2D eigenvalue weighted by Gasteiger charge is 2.21. The van der Waals surface area contributed by atoms with Crippen LogP contribution >= 0.6 is 11.6 Å². The van der Waals surface area contributed by atoms with Gasteiger partial charge in [-0.3, -0.25) is 0 Å². The molecule has 22 heavy (non-hydrogen) atoms. The summed E-state index contributed by atoms with van der Waals surface area (Å²) in [5.41, 5.74) is 2.06. The molecule has 0 spiro atoms. The first kappa shape index (κ1) is 14.4. The molecule has 1 aromatic heterocycles. The number of benzene rings is 2. The fourth-order valence-corrected chi connectivity index (χ4v) is 2.60. The first-order valence-corrected chi connectivity index (χ1v) is 7.10. The maximum Gasteiger partial charge on any atom is 0.354 e. The Hall–Kier alpha value is -2.59. The zero-order valence-electron chi connectivity index (χ0n) is 11.6. The standard InChI is InChI=1S/C17H13ClN2O2/c18-14-8-6-13(7-9-14)16(12-4-2-1-3-5-12)20-11-19-10-15(20)17(21)22/h1-11,16H,(H,21,22). The molecule has 5 heteroatoms. The molecule has 1 unspecified atom stereocenters. The van der Waals surface area contributed by atoms with Gasteiger partial charge in [-0.1, -0.05) is 54.1 Å². The third-order valence-electron chi connectivity index (χ3n) is 3.46. The normalized spacial score (nSPS) is 12.0. The number of aromatic nitrogens is 2. The predicted molar refractivity (Wildman–Crippen MR) is 84.3 cm³/mol. The van der Waals surface area contributed by atoms with E-state index in [1.165, 1.54) is 12.5 Å². The minimum Gasteiger partial charge on any atom is -0.477 e. The number of hydrogen-bond donors (Lipinski definition) is 1. The van der Waals surface area contributed by atoms with Crippen LogP contribution in [-0.4, -0.2) is 20.6 Å². The van der Waals surface area contributed by atoms with Crippen molar-refractivity contribution in [1.29, 1.82) is 0 Å². The van der Waals surface area contributed by atoms with Crippen LogP contribution in [0.5, 0.6) is 0 Å². The van der Waals surface area contributed by atoms with E-state index in [4.69, 9.17) is 11.6 Å². The molecule has 0 aliphatic carbocycles. The minimum atomic E-state index is -1.01. The van der Waals surface area contributed by atoms with Crippen molar-refractivity contribution in [2.24, 2.45) is 0 Å². The van der Waals surface area contributed by atoms with Crippen LogP contribution in [0.15, 0.2) is 67.1 Å². The summed E-state index contributed by atoms with van der Waals surface area (Å²) in [4.78, 5) is 15.4. The fraction of sp³-hybridized carbons (Fsp3) is 0.0588. The topological polar surface area (TPSA) is 55.1 Å². The smallest absolute Gasteiger partial charge is 0.354 e. The SMILES string of the molecule is O=C(O)c1cncn1C(c1ccccc1)c1ccc(Cl)cc1. The van der Waals surface area contributed by atoms with Crippen LogP contribution in [0.25, 0.3) is 0 Å². The number of hydrogen-bond acceptors (Lipinski definition) is 2. The van der Waals surface area contributed by atoms with Crippen LogP contribution in [0.2, 0.25) is 5.02 Å². The van der Waals surface area contributed by atoms with E-state index in [9.17, 15) is 9.90 Å². The van der Waals surface area contributed by atoms with E-state index in [1.807, 2.05) is 42.5 Å². The summed E-state index contributed by atoms with van der Waals surface area (Å²) >= 11 is 5.96. The molecule has 0 radical (unpaired) electrons. The number of aromatic carboxylic acids is 1. The molecule has 1 heterocycles. The van der Waals surface area contributed by atoms with Gasteiger partial charge < -0.3 is 9.67 Å². The molecule has 3 rings (SSSR count). The summed E-state index contributed by atoms with van der Waals surface area (Å²) < 4.78 is 1.65. The Morgan fingerprint density at radius 3 is 2.32 bits per heavy atom. The maximum atomic E-state index is 11.4. The molecule has 0 amide bonds. The van der Waals surface area contributed by atoms with Crippen LogP contribution in [0.3, 0.4) is 0 Å². The van der Waals surface area contributed by atoms with Crippen molar-refractivity contribution >= 4 is 17.6 Å². The number of carbonyl (C=O) groups is 1. The van der Waals surface area contributed by atoms with Crippen molar-refractivity contribution in [3.8, 4) is 0 Å². The lowest BCUT2D eigenvalue weighted by atomic mass is 9.98.